The number of rotatable bonds is 6. The molecule has 1 unspecified atom stereocenters. The Hall–Kier alpha value is -2.74. The van der Waals surface area contributed by atoms with Crippen molar-refractivity contribution in [2.24, 2.45) is 0 Å². The minimum atomic E-state index is -1.08. The predicted molar refractivity (Wildman–Crippen MR) is 112 cm³/mol. The fraction of sp³-hybridized carbons (Fsp3) is 0.273. The van der Waals surface area contributed by atoms with Crippen molar-refractivity contribution < 1.29 is 24.2 Å². The van der Waals surface area contributed by atoms with Crippen LogP contribution in [0.1, 0.15) is 40.2 Å². The third-order valence-corrected chi connectivity index (χ3v) is 5.09. The zero-order valence-corrected chi connectivity index (χ0v) is 17.6. The quantitative estimate of drug-likeness (QED) is 0.618. The fourth-order valence-corrected chi connectivity index (χ4v) is 3.66. The van der Waals surface area contributed by atoms with E-state index in [1.807, 2.05) is 0 Å². The monoisotopic (exact) mass is 432 g/mol. The van der Waals surface area contributed by atoms with Crippen LogP contribution in [0.5, 0.6) is 0 Å². The highest BCUT2D eigenvalue weighted by Gasteiger charge is 2.26. The maximum Gasteiger partial charge on any atom is 0.307 e. The first-order valence-corrected chi connectivity index (χ1v) is 9.68. The van der Waals surface area contributed by atoms with E-state index in [0.29, 0.717) is 27.2 Å². The molecular weight excluding hydrogens is 411 g/mol. The van der Waals surface area contributed by atoms with Gasteiger partial charge in [0.25, 0.3) is 5.91 Å². The van der Waals surface area contributed by atoms with Gasteiger partial charge < -0.3 is 15.1 Å². The van der Waals surface area contributed by atoms with Gasteiger partial charge in [0, 0.05) is 33.8 Å². The largest absolute Gasteiger partial charge is 0.481 e. The Kier molecular flexibility index (Phi) is 6.26. The molecule has 0 aliphatic rings. The molecule has 1 atom stereocenters. The summed E-state index contributed by atoms with van der Waals surface area (Å²) in [6.07, 6.45) is -1.43. The number of hydrogen-bond donors (Lipinski definition) is 2. The average molecular weight is 433 g/mol. The van der Waals surface area contributed by atoms with E-state index >= 15 is 0 Å². The summed E-state index contributed by atoms with van der Waals surface area (Å²) in [6.45, 7) is 1.69. The standard InChI is InChI=1S/C22H22ClFN2O4/c1-12(27)15-8-16-17(9-21(28)29)20(11-25(2)3)26(19(16)10-18(15)24)22(30)13-4-6-14(23)7-5-13/h4-8,10,12,27H,9,11H2,1-3H3,(H,28,29). The number of benzene rings is 2. The molecule has 0 fully saturated rings. The van der Waals surface area contributed by atoms with Crippen LogP contribution in [0.15, 0.2) is 36.4 Å². The topological polar surface area (TPSA) is 82.8 Å². The Morgan fingerprint density at radius 2 is 1.83 bits per heavy atom. The van der Waals surface area contributed by atoms with E-state index in [1.165, 1.54) is 23.6 Å². The fourth-order valence-electron chi connectivity index (χ4n) is 3.53. The van der Waals surface area contributed by atoms with E-state index in [9.17, 15) is 24.2 Å². The van der Waals surface area contributed by atoms with Crippen LogP contribution in [-0.4, -0.2) is 45.7 Å². The van der Waals surface area contributed by atoms with Gasteiger partial charge in [0.15, 0.2) is 0 Å². The van der Waals surface area contributed by atoms with Gasteiger partial charge in [-0.1, -0.05) is 11.6 Å². The van der Waals surface area contributed by atoms with Gasteiger partial charge in [-0.15, -0.1) is 0 Å². The van der Waals surface area contributed by atoms with Crippen molar-refractivity contribution >= 4 is 34.4 Å². The van der Waals surface area contributed by atoms with Gasteiger partial charge in [-0.25, -0.2) is 4.39 Å². The zero-order valence-electron chi connectivity index (χ0n) is 16.8. The van der Waals surface area contributed by atoms with Crippen molar-refractivity contribution in [3.05, 3.63) is 69.6 Å². The van der Waals surface area contributed by atoms with Crippen molar-refractivity contribution in [3.8, 4) is 0 Å². The van der Waals surface area contributed by atoms with E-state index in [1.54, 1.807) is 43.3 Å². The lowest BCUT2D eigenvalue weighted by Crippen LogP contribution is -2.21. The molecule has 3 rings (SSSR count). The normalized spacial score (nSPS) is 12.5. The van der Waals surface area contributed by atoms with Crippen LogP contribution in [0, 0.1) is 5.82 Å². The lowest BCUT2D eigenvalue weighted by Gasteiger charge is -2.15. The van der Waals surface area contributed by atoms with Crippen LogP contribution in [0.2, 0.25) is 5.02 Å². The molecule has 0 radical (unpaired) electrons. The summed E-state index contributed by atoms with van der Waals surface area (Å²) >= 11 is 5.92. The number of fused-ring (bicyclic) bond motifs is 1. The van der Waals surface area contributed by atoms with Crippen molar-refractivity contribution in [1.29, 1.82) is 0 Å². The van der Waals surface area contributed by atoms with E-state index in [0.717, 1.165) is 0 Å². The molecule has 1 aromatic heterocycles. The molecule has 2 N–H and O–H groups in total. The number of carboxylic acids is 1. The first kappa shape index (κ1) is 22.0. The Morgan fingerprint density at radius 1 is 1.20 bits per heavy atom. The molecule has 0 saturated carbocycles. The number of carboxylic acid groups (broad SMARTS) is 1. The number of carbonyl (C=O) groups is 2. The summed E-state index contributed by atoms with van der Waals surface area (Å²) < 4.78 is 16.1. The number of aliphatic carboxylic acids is 1. The minimum Gasteiger partial charge on any atom is -0.481 e. The summed E-state index contributed by atoms with van der Waals surface area (Å²) in [5, 5.41) is 20.3. The van der Waals surface area contributed by atoms with Gasteiger partial charge in [-0.05, 0) is 63.0 Å². The third-order valence-electron chi connectivity index (χ3n) is 4.84. The number of carbonyl (C=O) groups excluding carboxylic acids is 1. The van der Waals surface area contributed by atoms with Crippen LogP contribution in [0.4, 0.5) is 4.39 Å². The SMILES string of the molecule is CC(O)c1cc2c(CC(=O)O)c(CN(C)C)n(C(=O)c3ccc(Cl)cc3)c2cc1F. The maximum atomic E-state index is 14.7. The molecule has 0 amide bonds. The van der Waals surface area contributed by atoms with Crippen LogP contribution < -0.4 is 0 Å². The Morgan fingerprint density at radius 3 is 2.37 bits per heavy atom. The molecule has 0 aliphatic heterocycles. The van der Waals surface area contributed by atoms with Crippen molar-refractivity contribution in [3.63, 3.8) is 0 Å². The molecule has 30 heavy (non-hydrogen) atoms. The van der Waals surface area contributed by atoms with Crippen molar-refractivity contribution in [2.75, 3.05) is 14.1 Å². The smallest absolute Gasteiger partial charge is 0.307 e. The Labute approximate surface area is 178 Å². The van der Waals surface area contributed by atoms with Crippen LogP contribution in [0.3, 0.4) is 0 Å². The van der Waals surface area contributed by atoms with Gasteiger partial charge >= 0.3 is 5.97 Å². The van der Waals surface area contributed by atoms with E-state index < -0.39 is 23.8 Å². The number of aliphatic hydroxyl groups is 1. The summed E-state index contributed by atoms with van der Waals surface area (Å²) in [6, 6.07) is 8.89. The molecule has 2 aromatic carbocycles. The van der Waals surface area contributed by atoms with Gasteiger partial charge in [-0.3, -0.25) is 14.2 Å². The summed E-state index contributed by atoms with van der Waals surface area (Å²) in [4.78, 5) is 26.8. The van der Waals surface area contributed by atoms with Crippen molar-refractivity contribution in [2.45, 2.75) is 26.0 Å². The van der Waals surface area contributed by atoms with Crippen LogP contribution in [0.25, 0.3) is 10.9 Å². The molecule has 0 saturated heterocycles. The molecule has 0 spiro atoms. The maximum absolute atomic E-state index is 14.7. The molecule has 1 heterocycles. The lowest BCUT2D eigenvalue weighted by atomic mass is 10.0. The highest BCUT2D eigenvalue weighted by Crippen LogP contribution is 2.33. The van der Waals surface area contributed by atoms with Crippen LogP contribution in [-0.2, 0) is 17.8 Å². The number of aliphatic hydroxyl groups excluding tert-OH is 1. The molecule has 8 heteroatoms. The number of halogens is 2. The molecule has 0 bridgehead atoms. The molecule has 158 valence electrons. The molecule has 0 aliphatic carbocycles. The second-order valence-electron chi connectivity index (χ2n) is 7.45. The first-order chi connectivity index (χ1) is 14.1. The summed E-state index contributed by atoms with van der Waals surface area (Å²) in [7, 11) is 3.59. The summed E-state index contributed by atoms with van der Waals surface area (Å²) in [5.74, 6) is -2.16. The highest BCUT2D eigenvalue weighted by atomic mass is 35.5. The molecular formula is C22H22ClFN2O4. The summed E-state index contributed by atoms with van der Waals surface area (Å²) in [5.41, 5.74) is 1.50. The van der Waals surface area contributed by atoms with E-state index in [-0.39, 0.29) is 24.0 Å². The molecule has 3 aromatic rings. The minimum absolute atomic E-state index is 0.0432. The Bertz CT molecular complexity index is 1120. The Balaban J connectivity index is 2.37. The lowest BCUT2D eigenvalue weighted by molar-refractivity contribution is -0.136. The first-order valence-electron chi connectivity index (χ1n) is 9.30. The third kappa shape index (κ3) is 4.23. The second-order valence-corrected chi connectivity index (χ2v) is 7.88. The number of hydrogen-bond acceptors (Lipinski definition) is 4. The predicted octanol–water partition coefficient (Wildman–Crippen LogP) is 3.86. The van der Waals surface area contributed by atoms with Gasteiger partial charge in [0.2, 0.25) is 0 Å². The number of nitrogens with zero attached hydrogens (tertiary/aromatic N) is 2. The van der Waals surface area contributed by atoms with Crippen LogP contribution >= 0.6 is 11.6 Å². The zero-order chi connectivity index (χ0) is 22.2. The van der Waals surface area contributed by atoms with Gasteiger partial charge in [0.1, 0.15) is 5.82 Å². The number of aromatic nitrogens is 1. The van der Waals surface area contributed by atoms with Gasteiger partial charge in [0.05, 0.1) is 18.0 Å². The van der Waals surface area contributed by atoms with E-state index in [4.69, 9.17) is 11.6 Å². The van der Waals surface area contributed by atoms with Crippen molar-refractivity contribution in [1.82, 2.24) is 9.47 Å². The second kappa shape index (κ2) is 8.55. The average Bonchev–Trinajstić information content (AvgIpc) is 2.92. The highest BCUT2D eigenvalue weighted by molar-refractivity contribution is 6.30. The van der Waals surface area contributed by atoms with E-state index in [2.05, 4.69) is 0 Å². The molecule has 6 nitrogen and oxygen atoms in total. The van der Waals surface area contributed by atoms with Gasteiger partial charge in [-0.2, -0.15) is 0 Å².